The molecule has 0 bridgehead atoms. The van der Waals surface area contributed by atoms with Gasteiger partial charge in [0.25, 0.3) is 0 Å². The predicted octanol–water partition coefficient (Wildman–Crippen LogP) is 2.22. The van der Waals surface area contributed by atoms with Crippen LogP contribution in [0, 0.1) is 18.0 Å². The maximum Gasteiger partial charge on any atom is 0.142 e. The number of rotatable bonds is 0. The molecule has 2 heterocycles. The Kier molecular flexibility index (Phi) is 2.69. The summed E-state index contributed by atoms with van der Waals surface area (Å²) in [6, 6.07) is 11.4. The summed E-state index contributed by atoms with van der Waals surface area (Å²) in [4.78, 5) is 12.6. The minimum Gasteiger partial charge on any atom is -0.263 e. The summed E-state index contributed by atoms with van der Waals surface area (Å²) in [7, 11) is 0. The summed E-state index contributed by atoms with van der Waals surface area (Å²) in [5, 5.41) is 0. The molecular formula is C15H8N3. The normalized spacial score (nSPS) is 9.78. The molecule has 3 aromatic rings. The Labute approximate surface area is 105 Å². The lowest BCUT2D eigenvalue weighted by Gasteiger charge is -1.94. The van der Waals surface area contributed by atoms with Crippen molar-refractivity contribution in [2.45, 2.75) is 0 Å². The van der Waals surface area contributed by atoms with Gasteiger partial charge in [-0.25, -0.2) is 9.97 Å². The van der Waals surface area contributed by atoms with Crippen molar-refractivity contribution in [3.8, 4) is 11.8 Å². The van der Waals surface area contributed by atoms with Crippen LogP contribution in [0.4, 0.5) is 0 Å². The van der Waals surface area contributed by atoms with E-state index < -0.39 is 0 Å². The van der Waals surface area contributed by atoms with Crippen molar-refractivity contribution < 1.29 is 0 Å². The van der Waals surface area contributed by atoms with Gasteiger partial charge in [0.2, 0.25) is 0 Å². The van der Waals surface area contributed by atoms with Gasteiger partial charge in [-0.15, -0.1) is 0 Å². The highest BCUT2D eigenvalue weighted by atomic mass is 14.8. The topological polar surface area (TPSA) is 38.7 Å². The zero-order valence-electron chi connectivity index (χ0n) is 9.46. The third kappa shape index (κ3) is 2.18. The van der Waals surface area contributed by atoms with Crippen molar-refractivity contribution in [1.29, 1.82) is 0 Å². The van der Waals surface area contributed by atoms with Gasteiger partial charge in [0.1, 0.15) is 11.9 Å². The van der Waals surface area contributed by atoms with Crippen molar-refractivity contribution in [2.75, 3.05) is 0 Å². The highest BCUT2D eigenvalue weighted by molar-refractivity contribution is 5.73. The van der Waals surface area contributed by atoms with Crippen molar-refractivity contribution in [3.05, 3.63) is 66.2 Å². The number of fused-ring (bicyclic) bond motifs is 1. The van der Waals surface area contributed by atoms with Crippen molar-refractivity contribution in [1.82, 2.24) is 15.0 Å². The first-order chi connectivity index (χ1) is 8.92. The standard InChI is InChI=1S/C15H8N3/c1-2-6-15-14(5-1)17-11-13(18-15)8-7-12-4-3-9-16-10-12/h1-6,9-10H. The second-order valence-corrected chi connectivity index (χ2v) is 3.66. The van der Waals surface area contributed by atoms with Crippen LogP contribution >= 0.6 is 0 Å². The lowest BCUT2D eigenvalue weighted by atomic mass is 10.2. The fraction of sp³-hybridized carbons (Fsp3) is 0. The maximum atomic E-state index is 4.38. The average molecular weight is 230 g/mol. The van der Waals surface area contributed by atoms with Gasteiger partial charge in [-0.2, -0.15) is 0 Å². The van der Waals surface area contributed by atoms with Crippen LogP contribution in [0.2, 0.25) is 0 Å². The number of hydrogen-bond donors (Lipinski definition) is 0. The van der Waals surface area contributed by atoms with Gasteiger partial charge in [-0.1, -0.05) is 18.1 Å². The average Bonchev–Trinajstić information content (AvgIpc) is 2.46. The van der Waals surface area contributed by atoms with Crippen molar-refractivity contribution in [3.63, 3.8) is 0 Å². The fourth-order valence-corrected chi connectivity index (χ4v) is 1.54. The molecule has 0 atom stereocenters. The summed E-state index contributed by atoms with van der Waals surface area (Å²) in [5.41, 5.74) is 3.04. The molecule has 83 valence electrons. The van der Waals surface area contributed by atoms with Crippen LogP contribution < -0.4 is 0 Å². The summed E-state index contributed by atoms with van der Waals surface area (Å²) in [6.45, 7) is 0. The lowest BCUT2D eigenvalue weighted by molar-refractivity contribution is 1.24. The Bertz CT molecular complexity index is 740. The van der Waals surface area contributed by atoms with E-state index in [0.29, 0.717) is 5.69 Å². The zero-order chi connectivity index (χ0) is 12.2. The SMILES string of the molecule is C(#Cc1[c]nc2ccccc2n1)c1cccnc1. The van der Waals surface area contributed by atoms with E-state index in [1.807, 2.05) is 36.4 Å². The Hall–Kier alpha value is -2.73. The third-order valence-corrected chi connectivity index (χ3v) is 2.38. The molecular weight excluding hydrogens is 222 g/mol. The van der Waals surface area contributed by atoms with Crippen LogP contribution in [0.5, 0.6) is 0 Å². The molecule has 0 amide bonds. The van der Waals surface area contributed by atoms with Gasteiger partial charge < -0.3 is 0 Å². The number of pyridine rings is 1. The Morgan fingerprint density at radius 1 is 0.944 bits per heavy atom. The van der Waals surface area contributed by atoms with Crippen LogP contribution in [0.3, 0.4) is 0 Å². The molecule has 3 heteroatoms. The number of benzene rings is 1. The van der Waals surface area contributed by atoms with Crippen LogP contribution in [-0.4, -0.2) is 15.0 Å². The highest BCUT2D eigenvalue weighted by Gasteiger charge is 1.96. The monoisotopic (exact) mass is 230 g/mol. The Balaban J connectivity index is 1.99. The number of para-hydroxylation sites is 2. The van der Waals surface area contributed by atoms with Crippen molar-refractivity contribution >= 4 is 11.0 Å². The van der Waals surface area contributed by atoms with Crippen LogP contribution in [0.25, 0.3) is 11.0 Å². The molecule has 0 saturated carbocycles. The molecule has 0 aliphatic heterocycles. The predicted molar refractivity (Wildman–Crippen MR) is 68.6 cm³/mol. The van der Waals surface area contributed by atoms with Crippen LogP contribution in [0.1, 0.15) is 11.3 Å². The maximum absolute atomic E-state index is 4.38. The molecule has 0 saturated heterocycles. The molecule has 0 aliphatic rings. The van der Waals surface area contributed by atoms with E-state index in [1.165, 1.54) is 0 Å². The van der Waals surface area contributed by atoms with Crippen LogP contribution in [0.15, 0.2) is 48.8 Å². The smallest absolute Gasteiger partial charge is 0.142 e. The first kappa shape index (κ1) is 10.4. The molecule has 0 spiro atoms. The Morgan fingerprint density at radius 3 is 2.67 bits per heavy atom. The molecule has 18 heavy (non-hydrogen) atoms. The molecule has 0 fully saturated rings. The number of aromatic nitrogens is 3. The Morgan fingerprint density at radius 2 is 1.83 bits per heavy atom. The highest BCUT2D eigenvalue weighted by Crippen LogP contribution is 2.07. The minimum atomic E-state index is 0.539. The first-order valence-corrected chi connectivity index (χ1v) is 5.48. The summed E-state index contributed by atoms with van der Waals surface area (Å²) in [5.74, 6) is 5.91. The molecule has 1 radical (unpaired) electrons. The van der Waals surface area contributed by atoms with Gasteiger partial charge in [-0.3, -0.25) is 4.98 Å². The molecule has 0 unspecified atom stereocenters. The van der Waals surface area contributed by atoms with Crippen molar-refractivity contribution in [2.24, 2.45) is 0 Å². The second-order valence-electron chi connectivity index (χ2n) is 3.66. The minimum absolute atomic E-state index is 0.539. The molecule has 3 rings (SSSR count). The van der Waals surface area contributed by atoms with E-state index in [1.54, 1.807) is 12.4 Å². The van der Waals surface area contributed by atoms with Gasteiger partial charge in [-0.05, 0) is 30.2 Å². The molecule has 2 aromatic heterocycles. The van der Waals surface area contributed by atoms with E-state index in [9.17, 15) is 0 Å². The van der Waals surface area contributed by atoms with Gasteiger partial charge in [0.05, 0.1) is 11.0 Å². The van der Waals surface area contributed by atoms with E-state index in [2.05, 4.69) is 33.0 Å². The largest absolute Gasteiger partial charge is 0.263 e. The summed E-state index contributed by atoms with van der Waals surface area (Å²) < 4.78 is 0. The van der Waals surface area contributed by atoms with E-state index in [-0.39, 0.29) is 0 Å². The van der Waals surface area contributed by atoms with E-state index in [0.717, 1.165) is 16.6 Å². The molecule has 0 N–H and O–H groups in total. The molecule has 1 aromatic carbocycles. The zero-order valence-corrected chi connectivity index (χ0v) is 9.46. The van der Waals surface area contributed by atoms with Gasteiger partial charge >= 0.3 is 0 Å². The quantitative estimate of drug-likeness (QED) is 0.556. The third-order valence-electron chi connectivity index (χ3n) is 2.38. The molecule has 3 nitrogen and oxygen atoms in total. The van der Waals surface area contributed by atoms with Gasteiger partial charge in [0, 0.05) is 18.0 Å². The second kappa shape index (κ2) is 4.64. The van der Waals surface area contributed by atoms with Gasteiger partial charge in [0.15, 0.2) is 0 Å². The van der Waals surface area contributed by atoms with Crippen LogP contribution in [-0.2, 0) is 0 Å². The summed E-state index contributed by atoms with van der Waals surface area (Å²) >= 11 is 0. The first-order valence-electron chi connectivity index (χ1n) is 5.48. The molecule has 0 aliphatic carbocycles. The van der Waals surface area contributed by atoms with E-state index in [4.69, 9.17) is 0 Å². The van der Waals surface area contributed by atoms with E-state index >= 15 is 0 Å². The number of nitrogens with zero attached hydrogens (tertiary/aromatic N) is 3. The summed E-state index contributed by atoms with van der Waals surface area (Å²) in [6.07, 6.45) is 6.25. The number of hydrogen-bond acceptors (Lipinski definition) is 3. The fourth-order valence-electron chi connectivity index (χ4n) is 1.54. The lowest BCUT2D eigenvalue weighted by Crippen LogP contribution is -1.88.